The minimum absolute atomic E-state index is 0.0154. The molecule has 0 bridgehead atoms. The zero-order valence-corrected chi connectivity index (χ0v) is 12.6. The van der Waals surface area contributed by atoms with E-state index in [1.165, 1.54) is 6.07 Å². The largest absolute Gasteiger partial charge is 0.618 e. The SMILES string of the molecule is O=C(N[C@H]1CCCC[C@H]1C(=O)O)c1ccc2ccccc2[n+]1[O-]. The summed E-state index contributed by atoms with van der Waals surface area (Å²) in [7, 11) is 0. The Bertz CT molecular complexity index is 759. The number of amides is 1. The summed E-state index contributed by atoms with van der Waals surface area (Å²) in [5, 5.41) is 25.1. The number of aliphatic carboxylic acids is 1. The van der Waals surface area contributed by atoms with Crippen LogP contribution in [0.5, 0.6) is 0 Å². The van der Waals surface area contributed by atoms with E-state index in [0.29, 0.717) is 23.1 Å². The molecule has 1 saturated carbocycles. The minimum atomic E-state index is -0.900. The third-order valence-electron chi connectivity index (χ3n) is 4.43. The fraction of sp³-hybridized carbons (Fsp3) is 0.353. The Morgan fingerprint density at radius 2 is 1.87 bits per heavy atom. The molecule has 1 fully saturated rings. The number of rotatable bonds is 3. The van der Waals surface area contributed by atoms with Gasteiger partial charge in [0.2, 0.25) is 5.52 Å². The van der Waals surface area contributed by atoms with Gasteiger partial charge in [-0.2, -0.15) is 4.73 Å². The zero-order valence-electron chi connectivity index (χ0n) is 12.6. The number of pyridine rings is 1. The monoisotopic (exact) mass is 314 g/mol. The van der Waals surface area contributed by atoms with Crippen molar-refractivity contribution >= 4 is 22.8 Å². The molecule has 0 radical (unpaired) electrons. The summed E-state index contributed by atoms with van der Waals surface area (Å²) in [6.45, 7) is 0. The Morgan fingerprint density at radius 1 is 1.13 bits per heavy atom. The maximum atomic E-state index is 12.4. The Kier molecular flexibility index (Phi) is 4.14. The molecule has 1 aliphatic carbocycles. The van der Waals surface area contributed by atoms with Crippen LogP contribution in [0.2, 0.25) is 0 Å². The molecule has 6 heteroatoms. The van der Waals surface area contributed by atoms with Crippen LogP contribution in [0, 0.1) is 11.1 Å². The molecular weight excluding hydrogens is 296 g/mol. The van der Waals surface area contributed by atoms with Gasteiger partial charge in [0.05, 0.1) is 5.92 Å². The summed E-state index contributed by atoms with van der Waals surface area (Å²) in [6.07, 6.45) is 2.90. The first-order valence-electron chi connectivity index (χ1n) is 7.73. The summed E-state index contributed by atoms with van der Waals surface area (Å²) in [6, 6.07) is 9.77. The van der Waals surface area contributed by atoms with Gasteiger partial charge in [-0.15, -0.1) is 0 Å². The van der Waals surface area contributed by atoms with E-state index < -0.39 is 23.8 Å². The van der Waals surface area contributed by atoms with Gasteiger partial charge in [0.25, 0.3) is 5.69 Å². The second-order valence-corrected chi connectivity index (χ2v) is 5.88. The number of carboxylic acids is 1. The molecule has 1 aromatic heterocycles. The number of hydrogen-bond acceptors (Lipinski definition) is 3. The van der Waals surface area contributed by atoms with Crippen molar-refractivity contribution in [3.63, 3.8) is 0 Å². The van der Waals surface area contributed by atoms with Gasteiger partial charge in [-0.05, 0) is 25.0 Å². The number of aromatic nitrogens is 1. The van der Waals surface area contributed by atoms with Gasteiger partial charge in [0.15, 0.2) is 0 Å². The summed E-state index contributed by atoms with van der Waals surface area (Å²) in [5.41, 5.74) is 0.400. The van der Waals surface area contributed by atoms with Crippen molar-refractivity contribution in [2.45, 2.75) is 31.7 Å². The van der Waals surface area contributed by atoms with E-state index in [9.17, 15) is 19.9 Å². The van der Waals surface area contributed by atoms with E-state index >= 15 is 0 Å². The average molecular weight is 314 g/mol. The van der Waals surface area contributed by atoms with Crippen LogP contribution in [-0.4, -0.2) is 23.0 Å². The molecule has 2 N–H and O–H groups in total. The fourth-order valence-electron chi connectivity index (χ4n) is 3.19. The Morgan fingerprint density at radius 3 is 2.65 bits per heavy atom. The van der Waals surface area contributed by atoms with E-state index in [-0.39, 0.29) is 5.69 Å². The van der Waals surface area contributed by atoms with Crippen LogP contribution in [0.25, 0.3) is 10.9 Å². The maximum Gasteiger partial charge on any atom is 0.317 e. The molecule has 3 rings (SSSR count). The number of para-hydroxylation sites is 1. The molecule has 6 nitrogen and oxygen atoms in total. The topological polar surface area (TPSA) is 93.3 Å². The molecule has 0 saturated heterocycles. The van der Waals surface area contributed by atoms with E-state index in [1.54, 1.807) is 24.3 Å². The number of nitrogens with one attached hydrogen (secondary N) is 1. The molecule has 0 aliphatic heterocycles. The molecular formula is C17H18N2O4. The normalized spacial score (nSPS) is 21.0. The Labute approximate surface area is 133 Å². The van der Waals surface area contributed by atoms with Crippen molar-refractivity contribution in [3.05, 3.63) is 47.3 Å². The molecule has 120 valence electrons. The highest BCUT2D eigenvalue weighted by Gasteiger charge is 2.33. The average Bonchev–Trinajstić information content (AvgIpc) is 2.55. The van der Waals surface area contributed by atoms with Crippen molar-refractivity contribution in [1.29, 1.82) is 0 Å². The molecule has 1 aromatic carbocycles. The van der Waals surface area contributed by atoms with Crippen LogP contribution in [0.15, 0.2) is 36.4 Å². The van der Waals surface area contributed by atoms with E-state index in [2.05, 4.69) is 5.32 Å². The van der Waals surface area contributed by atoms with Crippen molar-refractivity contribution < 1.29 is 19.4 Å². The second-order valence-electron chi connectivity index (χ2n) is 5.88. The van der Waals surface area contributed by atoms with Gasteiger partial charge in [-0.3, -0.25) is 9.59 Å². The molecule has 0 spiro atoms. The van der Waals surface area contributed by atoms with Crippen molar-refractivity contribution in [1.82, 2.24) is 5.32 Å². The fourth-order valence-corrected chi connectivity index (χ4v) is 3.19. The summed E-state index contributed by atoms with van der Waals surface area (Å²) >= 11 is 0. The molecule has 1 heterocycles. The lowest BCUT2D eigenvalue weighted by Crippen LogP contribution is -2.48. The first-order valence-corrected chi connectivity index (χ1v) is 7.73. The molecule has 1 aliphatic rings. The van der Waals surface area contributed by atoms with Crippen LogP contribution in [0.1, 0.15) is 36.2 Å². The standard InChI is InChI=1S/C17H18N2O4/c20-16(18-13-7-3-2-6-12(13)17(21)22)15-10-9-11-5-1-4-8-14(11)19(15)23/h1,4-5,8-10,12-13H,2-3,6-7H2,(H,18,20)(H,21,22)/t12-,13+/m1/s1. The van der Waals surface area contributed by atoms with Crippen LogP contribution < -0.4 is 10.0 Å². The highest BCUT2D eigenvalue weighted by molar-refractivity contribution is 5.93. The quantitative estimate of drug-likeness (QED) is 0.668. The van der Waals surface area contributed by atoms with Crippen molar-refractivity contribution in [2.24, 2.45) is 5.92 Å². The van der Waals surface area contributed by atoms with E-state index in [4.69, 9.17) is 0 Å². The predicted octanol–water partition coefficient (Wildman–Crippen LogP) is 1.85. The first kappa shape index (κ1) is 15.3. The second kappa shape index (κ2) is 6.24. The molecule has 2 aromatic rings. The van der Waals surface area contributed by atoms with Crippen molar-refractivity contribution in [2.75, 3.05) is 0 Å². The minimum Gasteiger partial charge on any atom is -0.618 e. The smallest absolute Gasteiger partial charge is 0.317 e. The summed E-state index contributed by atoms with van der Waals surface area (Å²) in [5.74, 6) is -2.01. The van der Waals surface area contributed by atoms with Gasteiger partial charge < -0.3 is 15.6 Å². The van der Waals surface area contributed by atoms with Gasteiger partial charge in [0.1, 0.15) is 0 Å². The van der Waals surface area contributed by atoms with Crippen LogP contribution in [-0.2, 0) is 4.79 Å². The Hall–Kier alpha value is -2.63. The lowest BCUT2D eigenvalue weighted by atomic mass is 9.84. The molecule has 23 heavy (non-hydrogen) atoms. The highest BCUT2D eigenvalue weighted by atomic mass is 16.5. The first-order chi connectivity index (χ1) is 11.1. The molecule has 0 unspecified atom stereocenters. The van der Waals surface area contributed by atoms with Gasteiger partial charge in [-0.25, -0.2) is 0 Å². The number of carbonyl (C=O) groups is 2. The molecule has 1 amide bonds. The number of nitrogens with zero attached hydrogens (tertiary/aromatic N) is 1. The summed E-state index contributed by atoms with van der Waals surface area (Å²) < 4.78 is 0.600. The lowest BCUT2D eigenvalue weighted by molar-refractivity contribution is -0.579. The van der Waals surface area contributed by atoms with Crippen molar-refractivity contribution in [3.8, 4) is 0 Å². The van der Waals surface area contributed by atoms with Crippen LogP contribution >= 0.6 is 0 Å². The maximum absolute atomic E-state index is 12.4. The number of carbonyl (C=O) groups excluding carboxylic acids is 1. The number of fused-ring (bicyclic) bond motifs is 1. The number of hydrogen-bond donors (Lipinski definition) is 2. The van der Waals surface area contributed by atoms with Crippen LogP contribution in [0.4, 0.5) is 0 Å². The van der Waals surface area contributed by atoms with Gasteiger partial charge in [0, 0.05) is 23.6 Å². The molecule has 2 atom stereocenters. The van der Waals surface area contributed by atoms with Crippen LogP contribution in [0.3, 0.4) is 0 Å². The van der Waals surface area contributed by atoms with E-state index in [1.807, 2.05) is 6.07 Å². The zero-order chi connectivity index (χ0) is 16.4. The van der Waals surface area contributed by atoms with E-state index in [0.717, 1.165) is 18.2 Å². The highest BCUT2D eigenvalue weighted by Crippen LogP contribution is 2.25. The van der Waals surface area contributed by atoms with Gasteiger partial charge >= 0.3 is 11.9 Å². The predicted molar refractivity (Wildman–Crippen MR) is 83.8 cm³/mol. The summed E-state index contributed by atoms with van der Waals surface area (Å²) in [4.78, 5) is 23.7. The number of carboxylic acid groups (broad SMARTS) is 1. The third kappa shape index (κ3) is 2.97. The van der Waals surface area contributed by atoms with Gasteiger partial charge in [-0.1, -0.05) is 25.0 Å². The lowest BCUT2D eigenvalue weighted by Gasteiger charge is -2.28. The third-order valence-corrected chi connectivity index (χ3v) is 4.43. The number of benzene rings is 1. The Balaban J connectivity index is 1.85.